The number of nitrogens with one attached hydrogen (secondary N) is 2. The van der Waals surface area contributed by atoms with Crippen molar-refractivity contribution >= 4 is 42.5 Å². The van der Waals surface area contributed by atoms with Crippen LogP contribution < -0.4 is 10.6 Å². The molecule has 9 heteroatoms. The number of hydrogen-bond donors (Lipinski definition) is 2. The van der Waals surface area contributed by atoms with Crippen molar-refractivity contribution < 1.29 is 4.79 Å². The van der Waals surface area contributed by atoms with E-state index in [9.17, 15) is 4.79 Å². The predicted octanol–water partition coefficient (Wildman–Crippen LogP) is 0.970. The highest BCUT2D eigenvalue weighted by molar-refractivity contribution is 7.99. The number of halogens is 2. The normalized spacial score (nSPS) is 20.5. The van der Waals surface area contributed by atoms with Gasteiger partial charge in [0, 0.05) is 50.1 Å². The van der Waals surface area contributed by atoms with Crippen LogP contribution in [-0.2, 0) is 10.3 Å². The number of carbonyl (C=O) groups excluding carboxylic acids is 1. The second kappa shape index (κ2) is 10.5. The first-order chi connectivity index (χ1) is 10.8. The third-order valence-electron chi connectivity index (χ3n) is 4.61. The second-order valence-corrected chi connectivity index (χ2v) is 7.17. The zero-order valence-electron chi connectivity index (χ0n) is 13.8. The molecule has 1 aromatic rings. The molecule has 1 aromatic heterocycles. The fourth-order valence-electron chi connectivity index (χ4n) is 3.24. The molecule has 3 heterocycles. The molecule has 2 aliphatic heterocycles. The molecule has 2 N–H and O–H groups in total. The maximum atomic E-state index is 12.8. The van der Waals surface area contributed by atoms with Crippen LogP contribution >= 0.6 is 36.6 Å². The molecule has 2 fully saturated rings. The van der Waals surface area contributed by atoms with Crippen LogP contribution in [-0.4, -0.2) is 71.4 Å². The summed E-state index contributed by atoms with van der Waals surface area (Å²) in [5.74, 6) is 2.53. The largest absolute Gasteiger partial charge is 0.353 e. The second-order valence-electron chi connectivity index (χ2n) is 5.94. The summed E-state index contributed by atoms with van der Waals surface area (Å²) in [6.45, 7) is 5.65. The fraction of sp³-hybridized carbons (Fsp3) is 0.733. The summed E-state index contributed by atoms with van der Waals surface area (Å²) in [4.78, 5) is 15.3. The van der Waals surface area contributed by atoms with Crippen molar-refractivity contribution in [3.8, 4) is 0 Å². The molecule has 0 aliphatic carbocycles. The minimum absolute atomic E-state index is 0. The van der Waals surface area contributed by atoms with Crippen molar-refractivity contribution in [2.45, 2.75) is 18.4 Å². The van der Waals surface area contributed by atoms with Gasteiger partial charge in [0.1, 0.15) is 5.54 Å². The molecule has 2 saturated heterocycles. The molecule has 0 spiro atoms. The van der Waals surface area contributed by atoms with Crippen molar-refractivity contribution in [3.05, 3.63) is 18.5 Å². The summed E-state index contributed by atoms with van der Waals surface area (Å²) in [6, 6.07) is 1.89. The highest BCUT2D eigenvalue weighted by Crippen LogP contribution is 2.27. The summed E-state index contributed by atoms with van der Waals surface area (Å²) >= 11 is 2.01. The summed E-state index contributed by atoms with van der Waals surface area (Å²) < 4.78 is 1.85. The van der Waals surface area contributed by atoms with Gasteiger partial charge in [0.05, 0.1) is 0 Å². The number of hydrogen-bond acceptors (Lipinski definition) is 5. The van der Waals surface area contributed by atoms with Gasteiger partial charge in [0.2, 0.25) is 5.91 Å². The maximum Gasteiger partial charge on any atom is 0.248 e. The topological polar surface area (TPSA) is 62.2 Å². The molecule has 0 saturated carbocycles. The standard InChI is InChI=1S/C15H25N5OS.2ClH/c21-14(17-7-9-19-10-12-22-13-11-19)15(2-5-16-6-3-15)20-8-1-4-18-20;;/h1,4,8,16H,2-3,5-7,9-13H2,(H,17,21);2*1H. The number of thioether (sulfide) groups is 1. The van der Waals surface area contributed by atoms with E-state index >= 15 is 0 Å². The Morgan fingerprint density at radius 1 is 1.25 bits per heavy atom. The molecule has 3 rings (SSSR count). The highest BCUT2D eigenvalue weighted by Gasteiger charge is 2.41. The lowest BCUT2D eigenvalue weighted by Crippen LogP contribution is -2.55. The lowest BCUT2D eigenvalue weighted by atomic mass is 9.87. The Morgan fingerprint density at radius 2 is 1.96 bits per heavy atom. The van der Waals surface area contributed by atoms with Gasteiger partial charge in [-0.2, -0.15) is 16.9 Å². The summed E-state index contributed by atoms with van der Waals surface area (Å²) in [7, 11) is 0. The Morgan fingerprint density at radius 3 is 2.58 bits per heavy atom. The number of piperidine rings is 1. The minimum Gasteiger partial charge on any atom is -0.353 e. The van der Waals surface area contributed by atoms with Crippen LogP contribution in [0.5, 0.6) is 0 Å². The van der Waals surface area contributed by atoms with Gasteiger partial charge >= 0.3 is 0 Å². The molecule has 1 amide bonds. The van der Waals surface area contributed by atoms with Gasteiger partial charge in [0.25, 0.3) is 0 Å². The molecule has 0 atom stereocenters. The third-order valence-corrected chi connectivity index (χ3v) is 5.56. The first-order valence-corrected chi connectivity index (χ1v) is 9.26. The van der Waals surface area contributed by atoms with E-state index in [2.05, 4.69) is 20.6 Å². The van der Waals surface area contributed by atoms with Gasteiger partial charge in [-0.1, -0.05) is 0 Å². The van der Waals surface area contributed by atoms with Gasteiger partial charge in [0.15, 0.2) is 0 Å². The molecular formula is C15H27Cl2N5OS. The van der Waals surface area contributed by atoms with E-state index in [0.29, 0.717) is 0 Å². The van der Waals surface area contributed by atoms with Crippen molar-refractivity contribution in [1.29, 1.82) is 0 Å². The van der Waals surface area contributed by atoms with E-state index in [1.54, 1.807) is 6.20 Å². The fourth-order valence-corrected chi connectivity index (χ4v) is 4.22. The van der Waals surface area contributed by atoms with Crippen LogP contribution in [0.2, 0.25) is 0 Å². The number of carbonyl (C=O) groups is 1. The maximum absolute atomic E-state index is 12.8. The smallest absolute Gasteiger partial charge is 0.248 e. The van der Waals surface area contributed by atoms with Crippen LogP contribution in [0, 0.1) is 0 Å². The Hall–Kier alpha value is -0.470. The third kappa shape index (κ3) is 5.02. The van der Waals surface area contributed by atoms with Crippen LogP contribution in [0.25, 0.3) is 0 Å². The van der Waals surface area contributed by atoms with Crippen molar-refractivity contribution in [2.75, 3.05) is 50.8 Å². The van der Waals surface area contributed by atoms with E-state index < -0.39 is 5.54 Å². The van der Waals surface area contributed by atoms with E-state index in [0.717, 1.165) is 52.1 Å². The lowest BCUT2D eigenvalue weighted by molar-refractivity contribution is -0.132. The Labute approximate surface area is 160 Å². The molecule has 24 heavy (non-hydrogen) atoms. The first kappa shape index (κ1) is 21.6. The molecule has 2 aliphatic rings. The van der Waals surface area contributed by atoms with Crippen LogP contribution in [0.1, 0.15) is 12.8 Å². The zero-order valence-corrected chi connectivity index (χ0v) is 16.2. The SMILES string of the molecule is Cl.Cl.O=C(NCCN1CCSCC1)C1(n2cccn2)CCNCC1. The van der Waals surface area contributed by atoms with Crippen LogP contribution in [0.15, 0.2) is 18.5 Å². The molecule has 0 radical (unpaired) electrons. The van der Waals surface area contributed by atoms with Gasteiger partial charge in [-0.3, -0.25) is 14.4 Å². The van der Waals surface area contributed by atoms with Gasteiger partial charge in [-0.15, -0.1) is 24.8 Å². The Kier molecular flexibility index (Phi) is 9.44. The van der Waals surface area contributed by atoms with Crippen LogP contribution in [0.4, 0.5) is 0 Å². The monoisotopic (exact) mass is 395 g/mol. The van der Waals surface area contributed by atoms with Gasteiger partial charge < -0.3 is 10.6 Å². The van der Waals surface area contributed by atoms with E-state index in [-0.39, 0.29) is 30.7 Å². The highest BCUT2D eigenvalue weighted by atomic mass is 35.5. The first-order valence-electron chi connectivity index (χ1n) is 8.10. The lowest BCUT2D eigenvalue weighted by Gasteiger charge is -2.36. The number of nitrogens with zero attached hydrogens (tertiary/aromatic N) is 3. The van der Waals surface area contributed by atoms with E-state index in [1.165, 1.54) is 11.5 Å². The summed E-state index contributed by atoms with van der Waals surface area (Å²) in [5, 5.41) is 10.8. The minimum atomic E-state index is -0.521. The van der Waals surface area contributed by atoms with E-state index in [4.69, 9.17) is 0 Å². The zero-order chi connectivity index (χ0) is 15.3. The number of aromatic nitrogens is 2. The van der Waals surface area contributed by atoms with Crippen molar-refractivity contribution in [3.63, 3.8) is 0 Å². The van der Waals surface area contributed by atoms with Crippen molar-refractivity contribution in [1.82, 2.24) is 25.3 Å². The summed E-state index contributed by atoms with van der Waals surface area (Å²) in [5.41, 5.74) is -0.521. The quantitative estimate of drug-likeness (QED) is 0.777. The number of amides is 1. The molecule has 0 bridgehead atoms. The van der Waals surface area contributed by atoms with E-state index in [1.807, 2.05) is 28.7 Å². The van der Waals surface area contributed by atoms with Crippen molar-refractivity contribution in [2.24, 2.45) is 0 Å². The average Bonchev–Trinajstić information content (AvgIpc) is 3.11. The molecule has 0 aromatic carbocycles. The van der Waals surface area contributed by atoms with Gasteiger partial charge in [-0.05, 0) is 32.0 Å². The molecule has 6 nitrogen and oxygen atoms in total. The molecule has 0 unspecified atom stereocenters. The predicted molar refractivity (Wildman–Crippen MR) is 104 cm³/mol. The molecular weight excluding hydrogens is 369 g/mol. The Balaban J connectivity index is 0.00000144. The van der Waals surface area contributed by atoms with Gasteiger partial charge in [-0.25, -0.2) is 0 Å². The number of rotatable bonds is 5. The average molecular weight is 396 g/mol. The summed E-state index contributed by atoms with van der Waals surface area (Å²) in [6.07, 6.45) is 5.25. The van der Waals surface area contributed by atoms with Crippen LogP contribution in [0.3, 0.4) is 0 Å². The molecule has 138 valence electrons. The Bertz CT molecular complexity index is 476.